The molecule has 3 nitrogen and oxygen atoms in total. The minimum absolute atomic E-state index is 0.212. The number of alkyl halides is 1. The van der Waals surface area contributed by atoms with Crippen LogP contribution in [0, 0.1) is 13.1 Å². The van der Waals surface area contributed by atoms with E-state index in [0.29, 0.717) is 0 Å². The van der Waals surface area contributed by atoms with E-state index in [1.54, 1.807) is 11.0 Å². The number of hydrogen-bond donors (Lipinski definition) is 1. The summed E-state index contributed by atoms with van der Waals surface area (Å²) in [5.74, 6) is 0.720. The summed E-state index contributed by atoms with van der Waals surface area (Å²) in [6.07, 6.45) is 10.4. The number of nitrogens with one attached hydrogen (secondary N) is 1. The van der Waals surface area contributed by atoms with Gasteiger partial charge in [-0.25, -0.2) is 4.98 Å². The summed E-state index contributed by atoms with van der Waals surface area (Å²) in [4.78, 5) is 9.02. The molecule has 2 rings (SSSR count). The van der Waals surface area contributed by atoms with Crippen LogP contribution in [0.5, 0.6) is 0 Å². The van der Waals surface area contributed by atoms with Gasteiger partial charge in [-0.05, 0) is 19.1 Å². The first-order valence-electron chi connectivity index (χ1n) is 3.99. The fraction of sp³-hybridized carbons (Fsp3) is 0.222. The molecule has 1 aromatic rings. The van der Waals surface area contributed by atoms with Gasteiger partial charge in [-0.15, -0.1) is 0 Å². The monoisotopic (exact) mass is 194 g/mol. The van der Waals surface area contributed by atoms with Crippen LogP contribution in [0.25, 0.3) is 0 Å². The van der Waals surface area contributed by atoms with Crippen molar-refractivity contribution in [1.29, 1.82) is 0 Å². The average molecular weight is 195 g/mol. The molecule has 1 N–H and O–H groups in total. The standard InChI is InChI=1S/C9H9ClN3/c1-7-6-11-9(12-7)13-5-3-2-4-8(13)10/h2-4,6,8H,1H3,(H,11,12). The number of anilines is 1. The maximum atomic E-state index is 6.02. The lowest BCUT2D eigenvalue weighted by Gasteiger charge is -2.21. The van der Waals surface area contributed by atoms with Crippen LogP contribution in [-0.4, -0.2) is 15.5 Å². The van der Waals surface area contributed by atoms with Crippen molar-refractivity contribution in [3.63, 3.8) is 0 Å². The van der Waals surface area contributed by atoms with Crippen LogP contribution in [0.1, 0.15) is 5.69 Å². The lowest BCUT2D eigenvalue weighted by Crippen LogP contribution is -2.26. The normalized spacial score (nSPS) is 21.1. The van der Waals surface area contributed by atoms with Crippen molar-refractivity contribution in [2.24, 2.45) is 0 Å². The highest BCUT2D eigenvalue weighted by atomic mass is 35.5. The number of halogens is 1. The van der Waals surface area contributed by atoms with Gasteiger partial charge in [0.2, 0.25) is 5.95 Å². The molecule has 1 radical (unpaired) electrons. The first-order chi connectivity index (χ1) is 6.27. The van der Waals surface area contributed by atoms with Crippen molar-refractivity contribution >= 4 is 17.5 Å². The Labute approximate surface area is 81.7 Å². The number of allylic oxidation sites excluding steroid dienone is 2. The quantitative estimate of drug-likeness (QED) is 0.548. The summed E-state index contributed by atoms with van der Waals surface area (Å²) in [6.45, 7) is 1.92. The third kappa shape index (κ3) is 1.60. The van der Waals surface area contributed by atoms with Crippen LogP contribution in [0.15, 0.2) is 24.4 Å². The van der Waals surface area contributed by atoms with E-state index in [1.807, 2.05) is 25.3 Å². The molecule has 1 aliphatic heterocycles. The van der Waals surface area contributed by atoms with Crippen molar-refractivity contribution in [1.82, 2.24) is 9.97 Å². The zero-order valence-electron chi connectivity index (χ0n) is 7.16. The predicted molar refractivity (Wildman–Crippen MR) is 52.4 cm³/mol. The molecule has 0 spiro atoms. The van der Waals surface area contributed by atoms with Crippen molar-refractivity contribution in [3.05, 3.63) is 36.3 Å². The van der Waals surface area contributed by atoms with E-state index < -0.39 is 0 Å². The van der Waals surface area contributed by atoms with E-state index in [2.05, 4.69) is 16.2 Å². The van der Waals surface area contributed by atoms with Crippen molar-refractivity contribution in [2.45, 2.75) is 12.4 Å². The molecule has 67 valence electrons. The lowest BCUT2D eigenvalue weighted by atomic mass is 10.3. The summed E-state index contributed by atoms with van der Waals surface area (Å²) in [7, 11) is 0. The Bertz CT molecular complexity index is 353. The lowest BCUT2D eigenvalue weighted by molar-refractivity contribution is 0.927. The van der Waals surface area contributed by atoms with Crippen molar-refractivity contribution in [2.75, 3.05) is 4.90 Å². The van der Waals surface area contributed by atoms with Crippen molar-refractivity contribution in [3.8, 4) is 0 Å². The van der Waals surface area contributed by atoms with E-state index >= 15 is 0 Å². The maximum absolute atomic E-state index is 6.02. The molecular formula is C9H9ClN3. The van der Waals surface area contributed by atoms with Crippen LogP contribution in [0.4, 0.5) is 5.95 Å². The molecule has 0 saturated heterocycles. The van der Waals surface area contributed by atoms with E-state index in [4.69, 9.17) is 11.6 Å². The highest BCUT2D eigenvalue weighted by Gasteiger charge is 2.15. The summed E-state index contributed by atoms with van der Waals surface area (Å²) in [5, 5.41) is 0. The predicted octanol–water partition coefficient (Wildman–Crippen LogP) is 1.98. The summed E-state index contributed by atoms with van der Waals surface area (Å²) < 4.78 is 0. The number of H-pyrrole nitrogens is 1. The molecule has 0 bridgehead atoms. The van der Waals surface area contributed by atoms with Gasteiger partial charge in [0.25, 0.3) is 0 Å². The Hall–Kier alpha value is -1.22. The van der Waals surface area contributed by atoms with Crippen LogP contribution < -0.4 is 4.90 Å². The minimum atomic E-state index is -0.212. The molecule has 1 aliphatic rings. The third-order valence-electron chi connectivity index (χ3n) is 1.75. The van der Waals surface area contributed by atoms with Crippen LogP contribution >= 0.6 is 11.6 Å². The third-order valence-corrected chi connectivity index (χ3v) is 2.09. The van der Waals surface area contributed by atoms with Gasteiger partial charge in [0.05, 0.1) is 11.9 Å². The largest absolute Gasteiger partial charge is 0.330 e. The average Bonchev–Trinajstić information content (AvgIpc) is 2.53. The fourth-order valence-electron chi connectivity index (χ4n) is 1.13. The van der Waals surface area contributed by atoms with Gasteiger partial charge in [0.15, 0.2) is 0 Å². The first kappa shape index (κ1) is 8.38. The second-order valence-corrected chi connectivity index (χ2v) is 3.24. The molecule has 1 unspecified atom stereocenters. The van der Waals surface area contributed by atoms with Crippen LogP contribution in [-0.2, 0) is 0 Å². The van der Waals surface area contributed by atoms with Crippen LogP contribution in [0.3, 0.4) is 0 Å². The van der Waals surface area contributed by atoms with Gasteiger partial charge < -0.3 is 4.98 Å². The fourth-order valence-corrected chi connectivity index (χ4v) is 1.36. The second kappa shape index (κ2) is 3.26. The summed E-state index contributed by atoms with van der Waals surface area (Å²) in [6, 6.07) is 0. The number of aromatic amines is 1. The number of aryl methyl sites for hydroxylation is 1. The van der Waals surface area contributed by atoms with Gasteiger partial charge in [-0.3, -0.25) is 4.90 Å². The Kier molecular flexibility index (Phi) is 2.10. The summed E-state index contributed by atoms with van der Waals surface area (Å²) >= 11 is 6.02. The zero-order valence-corrected chi connectivity index (χ0v) is 7.92. The van der Waals surface area contributed by atoms with Gasteiger partial charge in [-0.1, -0.05) is 17.7 Å². The van der Waals surface area contributed by atoms with Gasteiger partial charge >= 0.3 is 0 Å². The molecule has 2 heterocycles. The zero-order chi connectivity index (χ0) is 9.26. The van der Waals surface area contributed by atoms with E-state index in [1.165, 1.54) is 0 Å². The molecule has 0 amide bonds. The van der Waals surface area contributed by atoms with Gasteiger partial charge in [0, 0.05) is 6.20 Å². The number of hydrogen-bond acceptors (Lipinski definition) is 2. The molecule has 0 saturated carbocycles. The SMILES string of the molecule is Cc1c[nH]c(N2[C]=CC=CC2Cl)n1. The summed E-state index contributed by atoms with van der Waals surface area (Å²) in [5.41, 5.74) is 0.728. The Morgan fingerprint density at radius 1 is 1.69 bits per heavy atom. The number of imidazole rings is 1. The number of nitrogens with zero attached hydrogens (tertiary/aromatic N) is 2. The molecule has 1 aromatic heterocycles. The van der Waals surface area contributed by atoms with Gasteiger partial charge in [0.1, 0.15) is 5.50 Å². The Balaban J connectivity index is 2.26. The van der Waals surface area contributed by atoms with Gasteiger partial charge in [-0.2, -0.15) is 0 Å². The Morgan fingerprint density at radius 2 is 2.54 bits per heavy atom. The second-order valence-electron chi connectivity index (χ2n) is 2.79. The molecule has 4 heteroatoms. The molecule has 13 heavy (non-hydrogen) atoms. The minimum Gasteiger partial charge on any atom is -0.330 e. The van der Waals surface area contributed by atoms with Crippen molar-refractivity contribution < 1.29 is 0 Å². The number of aromatic nitrogens is 2. The molecule has 0 aromatic carbocycles. The molecule has 0 aliphatic carbocycles. The van der Waals surface area contributed by atoms with E-state index in [9.17, 15) is 0 Å². The first-order valence-corrected chi connectivity index (χ1v) is 4.42. The highest BCUT2D eigenvalue weighted by molar-refractivity contribution is 6.23. The molecule has 0 fully saturated rings. The van der Waals surface area contributed by atoms with E-state index in [-0.39, 0.29) is 5.50 Å². The van der Waals surface area contributed by atoms with Crippen LogP contribution in [0.2, 0.25) is 0 Å². The molecule has 1 atom stereocenters. The molecular weight excluding hydrogens is 186 g/mol. The van der Waals surface area contributed by atoms with E-state index in [0.717, 1.165) is 11.6 Å². The highest BCUT2D eigenvalue weighted by Crippen LogP contribution is 2.18. The smallest absolute Gasteiger partial charge is 0.209 e. The number of rotatable bonds is 1. The topological polar surface area (TPSA) is 31.9 Å². The Morgan fingerprint density at radius 3 is 3.15 bits per heavy atom. The maximum Gasteiger partial charge on any atom is 0.209 e.